The predicted molar refractivity (Wildman–Crippen MR) is 121 cm³/mol. The first-order chi connectivity index (χ1) is 14.7. The topological polar surface area (TPSA) is 90.2 Å². The van der Waals surface area contributed by atoms with Gasteiger partial charge in [-0.25, -0.2) is 14.8 Å². The summed E-state index contributed by atoms with van der Waals surface area (Å²) in [5.74, 6) is 0.609. The Morgan fingerprint density at radius 2 is 2.10 bits per heavy atom. The summed E-state index contributed by atoms with van der Waals surface area (Å²) in [4.78, 5) is 37.2. The van der Waals surface area contributed by atoms with Crippen molar-refractivity contribution in [1.29, 1.82) is 0 Å². The summed E-state index contributed by atoms with van der Waals surface area (Å²) in [6.07, 6.45) is 3.83. The van der Waals surface area contributed by atoms with E-state index in [1.807, 2.05) is 40.0 Å². The van der Waals surface area contributed by atoms with Crippen LogP contribution in [0.1, 0.15) is 47.7 Å². The van der Waals surface area contributed by atoms with Gasteiger partial charge in [0.05, 0.1) is 22.2 Å². The number of aryl methyl sites for hydroxylation is 1. The molecule has 1 saturated heterocycles. The Bertz CT molecular complexity index is 1120. The Kier molecular flexibility index (Phi) is 6.02. The molecule has 1 aliphatic heterocycles. The average molecular weight is 460 g/mol. The zero-order valence-electron chi connectivity index (χ0n) is 18.0. The third-order valence-electron chi connectivity index (χ3n) is 4.98. The number of ketones is 1. The molecular weight excluding hydrogens is 434 g/mol. The van der Waals surface area contributed by atoms with Crippen LogP contribution in [0.15, 0.2) is 29.7 Å². The second-order valence-electron chi connectivity index (χ2n) is 8.51. The number of likely N-dealkylation sites (tertiary alicyclic amines) is 1. The lowest BCUT2D eigenvalue weighted by atomic mass is 10.1. The van der Waals surface area contributed by atoms with Crippen molar-refractivity contribution < 1.29 is 14.3 Å². The Labute approximate surface area is 189 Å². The van der Waals surface area contributed by atoms with Gasteiger partial charge in [0, 0.05) is 30.9 Å². The van der Waals surface area contributed by atoms with Crippen molar-refractivity contribution in [2.75, 3.05) is 18.8 Å². The van der Waals surface area contributed by atoms with Gasteiger partial charge >= 0.3 is 6.09 Å². The maximum atomic E-state index is 12.8. The van der Waals surface area contributed by atoms with Gasteiger partial charge in [-0.05, 0) is 39.3 Å². The molecule has 3 aromatic heterocycles. The monoisotopic (exact) mass is 459 g/mol. The minimum atomic E-state index is -0.500. The van der Waals surface area contributed by atoms with Crippen molar-refractivity contribution in [3.8, 4) is 0 Å². The van der Waals surface area contributed by atoms with E-state index >= 15 is 0 Å². The standard InChI is InChI=1S/C21H25N5O3S2/c1-21(2,3)29-20(28)26-8-7-13(10-26)16-5-6-17(31-16)15(27)11-30-19-14-9-24-25(4)18(14)22-12-23-19/h5-6,9,12-13H,7-8,10-11H2,1-4H3. The summed E-state index contributed by atoms with van der Waals surface area (Å²) in [7, 11) is 1.83. The molecule has 31 heavy (non-hydrogen) atoms. The van der Waals surface area contributed by atoms with E-state index in [0.717, 1.165) is 32.2 Å². The lowest BCUT2D eigenvalue weighted by molar-refractivity contribution is 0.0292. The van der Waals surface area contributed by atoms with E-state index in [-0.39, 0.29) is 17.8 Å². The van der Waals surface area contributed by atoms with E-state index < -0.39 is 5.60 Å². The lowest BCUT2D eigenvalue weighted by Gasteiger charge is -2.24. The Hall–Kier alpha value is -2.46. The van der Waals surface area contributed by atoms with Gasteiger partial charge in [-0.2, -0.15) is 5.10 Å². The number of aromatic nitrogens is 4. The molecule has 0 N–H and O–H groups in total. The first-order valence-electron chi connectivity index (χ1n) is 10.1. The van der Waals surface area contributed by atoms with E-state index in [2.05, 4.69) is 15.1 Å². The van der Waals surface area contributed by atoms with Crippen LogP contribution in [0.5, 0.6) is 0 Å². The van der Waals surface area contributed by atoms with Crippen LogP contribution in [0.4, 0.5) is 4.79 Å². The maximum Gasteiger partial charge on any atom is 0.410 e. The number of hydrogen-bond donors (Lipinski definition) is 0. The predicted octanol–water partition coefficient (Wildman–Crippen LogP) is 4.12. The minimum Gasteiger partial charge on any atom is -0.444 e. The van der Waals surface area contributed by atoms with E-state index in [4.69, 9.17) is 4.74 Å². The van der Waals surface area contributed by atoms with Crippen molar-refractivity contribution in [1.82, 2.24) is 24.6 Å². The number of thiophene rings is 1. The molecule has 1 unspecified atom stereocenters. The van der Waals surface area contributed by atoms with Gasteiger partial charge in [0.2, 0.25) is 0 Å². The molecule has 1 fully saturated rings. The van der Waals surface area contributed by atoms with Gasteiger partial charge in [-0.15, -0.1) is 11.3 Å². The number of carbonyl (C=O) groups excluding carboxylic acids is 2. The molecule has 8 nitrogen and oxygen atoms in total. The third kappa shape index (κ3) is 4.90. The maximum absolute atomic E-state index is 12.8. The average Bonchev–Trinajstić information content (AvgIpc) is 3.44. The van der Waals surface area contributed by atoms with Gasteiger partial charge in [0.25, 0.3) is 0 Å². The van der Waals surface area contributed by atoms with E-state index in [1.165, 1.54) is 29.4 Å². The van der Waals surface area contributed by atoms with Crippen molar-refractivity contribution in [3.63, 3.8) is 0 Å². The highest BCUT2D eigenvalue weighted by molar-refractivity contribution is 8.00. The second-order valence-corrected chi connectivity index (χ2v) is 10.6. The normalized spacial score (nSPS) is 16.8. The zero-order valence-corrected chi connectivity index (χ0v) is 19.6. The molecule has 3 aromatic rings. The number of Topliss-reactive ketones (excluding diaryl/α,β-unsaturated/α-hetero) is 1. The number of thioether (sulfide) groups is 1. The van der Waals surface area contributed by atoms with Crippen molar-refractivity contribution >= 4 is 46.0 Å². The fourth-order valence-corrected chi connectivity index (χ4v) is 5.47. The molecular formula is C21H25N5O3S2. The molecule has 0 radical (unpaired) electrons. The molecule has 0 bridgehead atoms. The van der Waals surface area contributed by atoms with Crippen LogP contribution >= 0.6 is 23.1 Å². The molecule has 4 rings (SSSR count). The molecule has 1 atom stereocenters. The molecule has 10 heteroatoms. The van der Waals surface area contributed by atoms with E-state index in [0.29, 0.717) is 18.8 Å². The van der Waals surface area contributed by atoms with E-state index in [1.54, 1.807) is 15.8 Å². The van der Waals surface area contributed by atoms with Gasteiger partial charge in [-0.1, -0.05) is 11.8 Å². The highest BCUT2D eigenvalue weighted by Gasteiger charge is 2.31. The van der Waals surface area contributed by atoms with Crippen LogP contribution in [0, 0.1) is 0 Å². The number of carbonyl (C=O) groups is 2. The number of nitrogens with zero attached hydrogens (tertiary/aromatic N) is 5. The fraction of sp³-hybridized carbons (Fsp3) is 0.476. The van der Waals surface area contributed by atoms with Gasteiger partial charge < -0.3 is 9.64 Å². The summed E-state index contributed by atoms with van der Waals surface area (Å²) in [6, 6.07) is 3.90. The van der Waals surface area contributed by atoms with Gasteiger partial charge in [0.1, 0.15) is 17.0 Å². The van der Waals surface area contributed by atoms with Crippen LogP contribution in [0.25, 0.3) is 11.0 Å². The van der Waals surface area contributed by atoms with Crippen molar-refractivity contribution in [2.45, 2.75) is 43.7 Å². The largest absolute Gasteiger partial charge is 0.444 e. The highest BCUT2D eigenvalue weighted by Crippen LogP contribution is 2.34. The third-order valence-corrected chi connectivity index (χ3v) is 7.27. The molecule has 1 aliphatic rings. The highest BCUT2D eigenvalue weighted by atomic mass is 32.2. The SMILES string of the molecule is Cn1ncc2c(SCC(=O)c3ccc(C4CCN(C(=O)OC(C)(C)C)C4)s3)ncnc21. The fourth-order valence-electron chi connectivity index (χ4n) is 3.47. The first-order valence-corrected chi connectivity index (χ1v) is 11.9. The smallest absolute Gasteiger partial charge is 0.410 e. The molecule has 0 spiro atoms. The summed E-state index contributed by atoms with van der Waals surface area (Å²) in [6.45, 7) is 6.90. The van der Waals surface area contributed by atoms with Crippen molar-refractivity contribution in [3.05, 3.63) is 34.4 Å². The molecule has 0 aromatic carbocycles. The van der Waals surface area contributed by atoms with Crippen LogP contribution in [-0.4, -0.2) is 61.0 Å². The Balaban J connectivity index is 1.36. The summed E-state index contributed by atoms with van der Waals surface area (Å²) in [5.41, 5.74) is 0.250. The lowest BCUT2D eigenvalue weighted by Crippen LogP contribution is -2.35. The summed E-state index contributed by atoms with van der Waals surface area (Å²) in [5, 5.41) is 5.81. The first kappa shape index (κ1) is 21.8. The Morgan fingerprint density at radius 3 is 2.87 bits per heavy atom. The molecule has 4 heterocycles. The van der Waals surface area contributed by atoms with Crippen molar-refractivity contribution in [2.24, 2.45) is 7.05 Å². The van der Waals surface area contributed by atoms with Crippen LogP contribution in [0.2, 0.25) is 0 Å². The van der Waals surface area contributed by atoms with Crippen LogP contribution < -0.4 is 0 Å². The second kappa shape index (κ2) is 8.58. The summed E-state index contributed by atoms with van der Waals surface area (Å²) >= 11 is 2.92. The van der Waals surface area contributed by atoms with Gasteiger partial charge in [-0.3, -0.25) is 9.48 Å². The molecule has 164 valence electrons. The number of rotatable bonds is 5. The van der Waals surface area contributed by atoms with Crippen LogP contribution in [-0.2, 0) is 11.8 Å². The number of ether oxygens (including phenoxy) is 1. The molecule has 1 amide bonds. The summed E-state index contributed by atoms with van der Waals surface area (Å²) < 4.78 is 7.16. The quantitative estimate of drug-likeness (QED) is 0.322. The van der Waals surface area contributed by atoms with Crippen LogP contribution in [0.3, 0.4) is 0 Å². The Morgan fingerprint density at radius 1 is 1.29 bits per heavy atom. The molecule has 0 aliphatic carbocycles. The van der Waals surface area contributed by atoms with Gasteiger partial charge in [0.15, 0.2) is 11.4 Å². The number of fused-ring (bicyclic) bond motifs is 1. The number of amides is 1. The van der Waals surface area contributed by atoms with E-state index in [9.17, 15) is 9.59 Å². The minimum absolute atomic E-state index is 0.0684. The number of hydrogen-bond acceptors (Lipinski definition) is 8. The molecule has 0 saturated carbocycles. The zero-order chi connectivity index (χ0) is 22.2.